The maximum atomic E-state index is 11.5. The molecule has 1 aromatic heterocycles. The molecule has 0 bridgehead atoms. The van der Waals surface area contributed by atoms with Crippen molar-refractivity contribution in [1.82, 2.24) is 10.2 Å². The summed E-state index contributed by atoms with van der Waals surface area (Å²) < 4.78 is 5.96. The van der Waals surface area contributed by atoms with Gasteiger partial charge < -0.3 is 4.74 Å². The Balaban J connectivity index is 2.38. The lowest BCUT2D eigenvalue weighted by Crippen LogP contribution is -2.02. The predicted molar refractivity (Wildman–Crippen MR) is 80.2 cm³/mol. The Bertz CT molecular complexity index is 689. The van der Waals surface area contributed by atoms with E-state index in [1.807, 2.05) is 6.26 Å². The van der Waals surface area contributed by atoms with Gasteiger partial charge >= 0.3 is 5.97 Å². The molecule has 0 saturated carbocycles. The monoisotopic (exact) mass is 343 g/mol. The molecule has 0 amide bonds. The number of nitro groups is 1. The van der Waals surface area contributed by atoms with Crippen molar-refractivity contribution in [3.8, 4) is 0 Å². The number of hydrogen-bond acceptors (Lipinski definition) is 9. The van der Waals surface area contributed by atoms with Gasteiger partial charge in [-0.2, -0.15) is 0 Å². The first-order valence-electron chi connectivity index (χ1n) is 5.47. The Kier molecular flexibility index (Phi) is 5.15. The van der Waals surface area contributed by atoms with Gasteiger partial charge in [0.15, 0.2) is 8.68 Å². The van der Waals surface area contributed by atoms with Crippen molar-refractivity contribution in [2.24, 2.45) is 0 Å². The zero-order valence-electron chi connectivity index (χ0n) is 10.9. The molecule has 7 nitrogen and oxygen atoms in total. The minimum atomic E-state index is -0.547. The maximum absolute atomic E-state index is 11.5. The van der Waals surface area contributed by atoms with Gasteiger partial charge in [0.05, 0.1) is 22.5 Å². The number of thioether (sulfide) groups is 1. The lowest BCUT2D eigenvalue weighted by molar-refractivity contribution is -0.387. The number of hydrogen-bond donors (Lipinski definition) is 0. The first-order valence-corrected chi connectivity index (χ1v) is 8.33. The van der Waals surface area contributed by atoms with Crippen LogP contribution in [0.5, 0.6) is 0 Å². The van der Waals surface area contributed by atoms with Crippen molar-refractivity contribution in [1.29, 1.82) is 0 Å². The molecule has 0 aliphatic heterocycles. The van der Waals surface area contributed by atoms with Crippen molar-refractivity contribution in [2.45, 2.75) is 13.6 Å². The number of carbonyl (C=O) groups excluding carboxylic acids is 1. The van der Waals surface area contributed by atoms with Gasteiger partial charge in [0.1, 0.15) is 0 Å². The molecule has 0 radical (unpaired) electrons. The zero-order valence-corrected chi connectivity index (χ0v) is 13.4. The van der Waals surface area contributed by atoms with Gasteiger partial charge in [-0.25, -0.2) is 4.79 Å². The average molecular weight is 343 g/mol. The van der Waals surface area contributed by atoms with Gasteiger partial charge in [-0.05, 0) is 18.4 Å². The Morgan fingerprint density at radius 1 is 1.38 bits per heavy atom. The summed E-state index contributed by atoms with van der Waals surface area (Å²) in [5, 5.41) is 18.9. The van der Waals surface area contributed by atoms with Crippen LogP contribution in [0, 0.1) is 10.1 Å². The van der Waals surface area contributed by atoms with E-state index in [1.165, 1.54) is 48.4 Å². The summed E-state index contributed by atoms with van der Waals surface area (Å²) in [7, 11) is 1.26. The van der Waals surface area contributed by atoms with E-state index in [1.54, 1.807) is 0 Å². The maximum Gasteiger partial charge on any atom is 0.337 e. The summed E-state index contributed by atoms with van der Waals surface area (Å²) in [5.41, 5.74) is 0.161. The van der Waals surface area contributed by atoms with Crippen molar-refractivity contribution < 1.29 is 14.5 Å². The second-order valence-electron chi connectivity index (χ2n) is 3.57. The SMILES string of the molecule is COC(=O)c1ccc([N+](=O)[O-])c(Sc2nnc(SC)s2)c1. The van der Waals surface area contributed by atoms with Crippen LogP contribution in [-0.2, 0) is 4.74 Å². The van der Waals surface area contributed by atoms with Crippen LogP contribution in [0.2, 0.25) is 0 Å². The third-order valence-corrected chi connectivity index (χ3v) is 5.33. The van der Waals surface area contributed by atoms with Crippen LogP contribution in [0.4, 0.5) is 5.69 Å². The van der Waals surface area contributed by atoms with Crippen molar-refractivity contribution >= 4 is 46.5 Å². The molecular weight excluding hydrogens is 334 g/mol. The molecule has 110 valence electrons. The van der Waals surface area contributed by atoms with E-state index in [0.29, 0.717) is 9.24 Å². The Hall–Kier alpha value is -1.65. The third kappa shape index (κ3) is 3.71. The molecule has 0 atom stereocenters. The van der Waals surface area contributed by atoms with Crippen LogP contribution in [0.25, 0.3) is 0 Å². The second kappa shape index (κ2) is 6.87. The van der Waals surface area contributed by atoms with Crippen LogP contribution >= 0.6 is 34.9 Å². The molecule has 1 heterocycles. The number of esters is 1. The zero-order chi connectivity index (χ0) is 15.4. The molecule has 0 fully saturated rings. The van der Waals surface area contributed by atoms with Crippen LogP contribution < -0.4 is 0 Å². The number of methoxy groups -OCH3 is 1. The summed E-state index contributed by atoms with van der Waals surface area (Å²) in [6, 6.07) is 4.07. The Morgan fingerprint density at radius 2 is 2.10 bits per heavy atom. The van der Waals surface area contributed by atoms with E-state index in [-0.39, 0.29) is 11.3 Å². The third-order valence-electron chi connectivity index (χ3n) is 2.34. The van der Waals surface area contributed by atoms with E-state index in [2.05, 4.69) is 14.9 Å². The molecule has 21 heavy (non-hydrogen) atoms. The van der Waals surface area contributed by atoms with E-state index in [0.717, 1.165) is 16.1 Å². The lowest BCUT2D eigenvalue weighted by atomic mass is 10.2. The van der Waals surface area contributed by atoms with E-state index < -0.39 is 10.9 Å². The average Bonchev–Trinajstić information content (AvgIpc) is 2.93. The molecule has 0 aliphatic rings. The number of aromatic nitrogens is 2. The summed E-state index contributed by atoms with van der Waals surface area (Å²) in [5.74, 6) is -0.547. The van der Waals surface area contributed by atoms with E-state index in [9.17, 15) is 14.9 Å². The van der Waals surface area contributed by atoms with Crippen LogP contribution in [0.3, 0.4) is 0 Å². The lowest BCUT2D eigenvalue weighted by Gasteiger charge is -2.03. The summed E-state index contributed by atoms with van der Waals surface area (Å²) >= 11 is 3.88. The molecule has 0 aliphatic carbocycles. The molecular formula is C11H9N3O4S3. The van der Waals surface area contributed by atoms with Gasteiger partial charge in [0.2, 0.25) is 0 Å². The van der Waals surface area contributed by atoms with Crippen molar-refractivity contribution in [3.63, 3.8) is 0 Å². The summed E-state index contributed by atoms with van der Waals surface area (Å²) in [6.07, 6.45) is 1.87. The number of carbonyl (C=O) groups is 1. The first-order chi connectivity index (χ1) is 10.0. The highest BCUT2D eigenvalue weighted by atomic mass is 32.2. The van der Waals surface area contributed by atoms with Crippen LogP contribution in [0.15, 0.2) is 31.8 Å². The van der Waals surface area contributed by atoms with Gasteiger partial charge in [0, 0.05) is 6.07 Å². The molecule has 1 aromatic carbocycles. The topological polar surface area (TPSA) is 95.2 Å². The fourth-order valence-corrected chi connectivity index (χ4v) is 3.95. The Morgan fingerprint density at radius 3 is 2.67 bits per heavy atom. The quantitative estimate of drug-likeness (QED) is 0.354. The Labute approximate surface area is 132 Å². The smallest absolute Gasteiger partial charge is 0.337 e. The minimum absolute atomic E-state index is 0.0893. The number of benzene rings is 1. The molecule has 0 unspecified atom stereocenters. The fraction of sp³-hybridized carbons (Fsp3) is 0.182. The van der Waals surface area contributed by atoms with E-state index in [4.69, 9.17) is 0 Å². The number of ether oxygens (including phenoxy) is 1. The molecule has 10 heteroatoms. The predicted octanol–water partition coefficient (Wildman–Crippen LogP) is 3.11. The largest absolute Gasteiger partial charge is 0.465 e. The first kappa shape index (κ1) is 15.7. The second-order valence-corrected chi connectivity index (χ2v) is 6.89. The van der Waals surface area contributed by atoms with Gasteiger partial charge in [0.25, 0.3) is 5.69 Å². The highest BCUT2D eigenvalue weighted by Crippen LogP contribution is 2.38. The molecule has 0 spiro atoms. The van der Waals surface area contributed by atoms with Crippen molar-refractivity contribution in [3.05, 3.63) is 33.9 Å². The summed E-state index contributed by atoms with van der Waals surface area (Å²) in [4.78, 5) is 22.4. The van der Waals surface area contributed by atoms with Gasteiger partial charge in [-0.1, -0.05) is 34.9 Å². The van der Waals surface area contributed by atoms with Crippen LogP contribution in [0.1, 0.15) is 10.4 Å². The number of rotatable bonds is 5. The normalized spacial score (nSPS) is 10.4. The highest BCUT2D eigenvalue weighted by molar-refractivity contribution is 8.03. The van der Waals surface area contributed by atoms with Gasteiger partial charge in [-0.3, -0.25) is 10.1 Å². The number of nitro benzene ring substituents is 1. The minimum Gasteiger partial charge on any atom is -0.465 e. The molecule has 0 saturated heterocycles. The molecule has 2 aromatic rings. The molecule has 0 N–H and O–H groups in total. The number of nitrogens with zero attached hydrogens (tertiary/aromatic N) is 3. The molecule has 2 rings (SSSR count). The van der Waals surface area contributed by atoms with Crippen LogP contribution in [-0.4, -0.2) is 34.5 Å². The van der Waals surface area contributed by atoms with Gasteiger partial charge in [-0.15, -0.1) is 10.2 Å². The standard InChI is InChI=1S/C11H9N3O4S3/c1-18-9(15)6-3-4-7(14(16)17)8(5-6)20-11-13-12-10(19-2)21-11/h3-5H,1-2H3. The fourth-order valence-electron chi connectivity index (χ4n) is 1.41. The highest BCUT2D eigenvalue weighted by Gasteiger charge is 2.19. The summed E-state index contributed by atoms with van der Waals surface area (Å²) in [6.45, 7) is 0. The van der Waals surface area contributed by atoms with E-state index >= 15 is 0 Å². The van der Waals surface area contributed by atoms with Crippen molar-refractivity contribution in [2.75, 3.05) is 13.4 Å².